The van der Waals surface area contributed by atoms with Gasteiger partial charge in [0.05, 0.1) is 14.2 Å². The lowest BCUT2D eigenvalue weighted by Gasteiger charge is -2.07. The number of benzene rings is 1. The van der Waals surface area contributed by atoms with Crippen molar-refractivity contribution >= 4 is 29.3 Å². The van der Waals surface area contributed by atoms with Gasteiger partial charge in [-0.2, -0.15) is 0 Å². The highest BCUT2D eigenvalue weighted by atomic mass is 32.1. The van der Waals surface area contributed by atoms with Gasteiger partial charge in [0.2, 0.25) is 0 Å². The van der Waals surface area contributed by atoms with Crippen LogP contribution >= 0.6 is 12.2 Å². The van der Waals surface area contributed by atoms with E-state index in [0.29, 0.717) is 22.3 Å². The molecule has 1 heterocycles. The molecule has 0 unspecified atom stereocenters. The lowest BCUT2D eigenvalue weighted by molar-refractivity contribution is -0.115. The van der Waals surface area contributed by atoms with Crippen LogP contribution in [-0.4, -0.2) is 25.2 Å². The fourth-order valence-corrected chi connectivity index (χ4v) is 1.79. The van der Waals surface area contributed by atoms with Crippen molar-refractivity contribution in [2.24, 2.45) is 0 Å². The highest BCUT2D eigenvalue weighted by Gasteiger charge is 2.19. The van der Waals surface area contributed by atoms with Crippen molar-refractivity contribution in [1.29, 1.82) is 0 Å². The van der Waals surface area contributed by atoms with Gasteiger partial charge in [-0.1, -0.05) is 6.07 Å². The van der Waals surface area contributed by atoms with Gasteiger partial charge < -0.3 is 14.8 Å². The first kappa shape index (κ1) is 12.4. The molecular weight excluding hydrogens is 252 g/mol. The normalized spacial score (nSPS) is 16.4. The molecule has 0 atom stereocenters. The Kier molecular flexibility index (Phi) is 3.47. The Morgan fingerprint density at radius 3 is 2.44 bits per heavy atom. The first-order valence-corrected chi connectivity index (χ1v) is 5.61. The number of ether oxygens (including phenoxy) is 2. The van der Waals surface area contributed by atoms with E-state index < -0.39 is 0 Å². The van der Waals surface area contributed by atoms with E-state index in [4.69, 9.17) is 21.7 Å². The molecule has 1 aromatic rings. The summed E-state index contributed by atoms with van der Waals surface area (Å²) >= 11 is 4.85. The van der Waals surface area contributed by atoms with Gasteiger partial charge in [-0.15, -0.1) is 0 Å². The van der Waals surface area contributed by atoms with Crippen LogP contribution in [0.5, 0.6) is 11.5 Å². The Morgan fingerprint density at radius 2 is 1.89 bits per heavy atom. The summed E-state index contributed by atoms with van der Waals surface area (Å²) in [5.41, 5.74) is 1.22. The molecule has 18 heavy (non-hydrogen) atoms. The summed E-state index contributed by atoms with van der Waals surface area (Å²) in [5.74, 6) is 1.00. The average molecular weight is 264 g/mol. The molecule has 1 saturated heterocycles. The quantitative estimate of drug-likeness (QED) is 0.631. The van der Waals surface area contributed by atoms with Gasteiger partial charge in [0.15, 0.2) is 16.6 Å². The second-order valence-corrected chi connectivity index (χ2v) is 3.99. The highest BCUT2D eigenvalue weighted by Crippen LogP contribution is 2.28. The van der Waals surface area contributed by atoms with Crippen LogP contribution < -0.4 is 20.1 Å². The van der Waals surface area contributed by atoms with E-state index in [-0.39, 0.29) is 5.91 Å². The Bertz CT molecular complexity index is 540. The first-order valence-electron chi connectivity index (χ1n) is 5.20. The third-order valence-corrected chi connectivity index (χ3v) is 2.64. The second kappa shape index (κ2) is 5.05. The molecule has 2 N–H and O–H groups in total. The minimum absolute atomic E-state index is 0.241. The summed E-state index contributed by atoms with van der Waals surface area (Å²) < 4.78 is 10.3. The van der Waals surface area contributed by atoms with Crippen LogP contribution in [0.15, 0.2) is 23.9 Å². The van der Waals surface area contributed by atoms with Crippen LogP contribution in [0, 0.1) is 0 Å². The van der Waals surface area contributed by atoms with E-state index in [1.807, 2.05) is 6.07 Å². The number of thiocarbonyl (C=S) groups is 1. The van der Waals surface area contributed by atoms with Gasteiger partial charge in [0.1, 0.15) is 5.70 Å². The van der Waals surface area contributed by atoms with Crippen molar-refractivity contribution in [2.75, 3.05) is 14.2 Å². The number of hydrogen-bond donors (Lipinski definition) is 2. The first-order chi connectivity index (χ1) is 8.63. The molecule has 0 aliphatic carbocycles. The van der Waals surface area contributed by atoms with Crippen molar-refractivity contribution in [1.82, 2.24) is 10.6 Å². The average Bonchev–Trinajstić information content (AvgIpc) is 2.67. The monoisotopic (exact) mass is 264 g/mol. The van der Waals surface area contributed by atoms with Crippen LogP contribution in [0.1, 0.15) is 5.56 Å². The Hall–Kier alpha value is -2.08. The summed E-state index contributed by atoms with van der Waals surface area (Å²) in [6, 6.07) is 5.38. The highest BCUT2D eigenvalue weighted by molar-refractivity contribution is 7.80. The van der Waals surface area contributed by atoms with Crippen molar-refractivity contribution in [3.05, 3.63) is 29.5 Å². The van der Waals surface area contributed by atoms with Crippen LogP contribution in [0.4, 0.5) is 0 Å². The van der Waals surface area contributed by atoms with E-state index in [2.05, 4.69) is 10.6 Å². The smallest absolute Gasteiger partial charge is 0.273 e. The van der Waals surface area contributed by atoms with Gasteiger partial charge in [-0.05, 0) is 36.0 Å². The van der Waals surface area contributed by atoms with E-state index in [9.17, 15) is 4.79 Å². The summed E-state index contributed by atoms with van der Waals surface area (Å²) in [6.45, 7) is 0. The molecule has 94 valence electrons. The minimum atomic E-state index is -0.241. The molecule has 0 spiro atoms. The maximum absolute atomic E-state index is 11.5. The molecular formula is C12H12N2O3S. The SMILES string of the molecule is COc1ccc(C=C2NC(=S)NC2=O)cc1OC. The number of hydrogen-bond acceptors (Lipinski definition) is 4. The van der Waals surface area contributed by atoms with Crippen molar-refractivity contribution in [3.8, 4) is 11.5 Å². The number of carbonyl (C=O) groups excluding carboxylic acids is 1. The number of rotatable bonds is 3. The van der Waals surface area contributed by atoms with Gasteiger partial charge >= 0.3 is 0 Å². The number of carbonyl (C=O) groups is 1. The second-order valence-electron chi connectivity index (χ2n) is 3.58. The number of nitrogens with one attached hydrogen (secondary N) is 2. The third kappa shape index (κ3) is 2.43. The minimum Gasteiger partial charge on any atom is -0.493 e. The molecule has 2 rings (SSSR count). The van der Waals surface area contributed by atoms with Gasteiger partial charge in [0.25, 0.3) is 5.91 Å². The largest absolute Gasteiger partial charge is 0.493 e. The lowest BCUT2D eigenvalue weighted by Crippen LogP contribution is -2.21. The van der Waals surface area contributed by atoms with E-state index in [1.54, 1.807) is 32.4 Å². The van der Waals surface area contributed by atoms with Crippen molar-refractivity contribution < 1.29 is 14.3 Å². The van der Waals surface area contributed by atoms with Crippen LogP contribution in [0.25, 0.3) is 6.08 Å². The Labute approximate surface area is 110 Å². The van der Waals surface area contributed by atoms with Crippen molar-refractivity contribution in [3.63, 3.8) is 0 Å². The Balaban J connectivity index is 2.32. The van der Waals surface area contributed by atoms with Crippen LogP contribution in [0.2, 0.25) is 0 Å². The van der Waals surface area contributed by atoms with E-state index >= 15 is 0 Å². The predicted octanol–water partition coefficient (Wildman–Crippen LogP) is 1.05. The topological polar surface area (TPSA) is 59.6 Å². The van der Waals surface area contributed by atoms with Gasteiger partial charge in [-0.25, -0.2) is 0 Å². The molecule has 1 aliphatic rings. The van der Waals surface area contributed by atoms with Crippen LogP contribution in [0.3, 0.4) is 0 Å². The van der Waals surface area contributed by atoms with E-state index in [1.165, 1.54) is 0 Å². The molecule has 0 aromatic heterocycles. The molecule has 0 radical (unpaired) electrons. The summed E-state index contributed by atoms with van der Waals surface area (Å²) in [5, 5.41) is 5.59. The summed E-state index contributed by atoms with van der Waals surface area (Å²) in [7, 11) is 3.13. The maximum atomic E-state index is 11.5. The molecule has 6 heteroatoms. The fraction of sp³-hybridized carbons (Fsp3) is 0.167. The van der Waals surface area contributed by atoms with E-state index in [0.717, 1.165) is 5.56 Å². The fourth-order valence-electron chi connectivity index (χ4n) is 1.59. The standard InChI is InChI=1S/C12H12N2O3S/c1-16-9-4-3-7(6-10(9)17-2)5-8-11(15)14-12(18)13-8/h3-6H,1-2H3,(H2,13,14,15,18). The summed E-state index contributed by atoms with van der Waals surface area (Å²) in [6.07, 6.45) is 1.69. The number of amides is 1. The zero-order valence-corrected chi connectivity index (χ0v) is 10.8. The molecule has 1 fully saturated rings. The van der Waals surface area contributed by atoms with Crippen LogP contribution in [-0.2, 0) is 4.79 Å². The van der Waals surface area contributed by atoms with Crippen molar-refractivity contribution in [2.45, 2.75) is 0 Å². The van der Waals surface area contributed by atoms with Gasteiger partial charge in [0, 0.05) is 0 Å². The summed E-state index contributed by atoms with van der Waals surface area (Å²) in [4.78, 5) is 11.5. The molecule has 5 nitrogen and oxygen atoms in total. The zero-order chi connectivity index (χ0) is 13.1. The van der Waals surface area contributed by atoms with Gasteiger partial charge in [-0.3, -0.25) is 10.1 Å². The molecule has 0 bridgehead atoms. The lowest BCUT2D eigenvalue weighted by atomic mass is 10.1. The predicted molar refractivity (Wildman–Crippen MR) is 71.4 cm³/mol. The Morgan fingerprint density at radius 1 is 1.17 bits per heavy atom. The molecule has 1 aliphatic heterocycles. The zero-order valence-electron chi connectivity index (χ0n) is 9.94. The molecule has 0 saturated carbocycles. The number of methoxy groups -OCH3 is 2. The molecule has 1 aromatic carbocycles. The molecule has 1 amide bonds. The third-order valence-electron chi connectivity index (χ3n) is 2.44. The maximum Gasteiger partial charge on any atom is 0.273 e.